The van der Waals surface area contributed by atoms with E-state index in [1.165, 1.54) is 12.8 Å². The van der Waals surface area contributed by atoms with Crippen molar-refractivity contribution in [2.75, 3.05) is 13.7 Å². The molecule has 116 valence electrons. The molecule has 1 aliphatic rings. The monoisotopic (exact) mass is 291 g/mol. The summed E-state index contributed by atoms with van der Waals surface area (Å²) < 4.78 is 11.0. The summed E-state index contributed by atoms with van der Waals surface area (Å²) in [5.41, 5.74) is 1.03. The molecule has 0 bridgehead atoms. The summed E-state index contributed by atoms with van der Waals surface area (Å²) in [6.45, 7) is 3.28. The zero-order valence-electron chi connectivity index (χ0n) is 13.0. The molecular weight excluding hydrogens is 266 g/mol. The fraction of sp³-hybridized carbons (Fsp3) is 0.588. The van der Waals surface area contributed by atoms with Crippen LogP contribution < -0.4 is 14.8 Å². The summed E-state index contributed by atoms with van der Waals surface area (Å²) in [6.07, 6.45) is 5.37. The van der Waals surface area contributed by atoms with Gasteiger partial charge in [-0.1, -0.05) is 25.8 Å². The van der Waals surface area contributed by atoms with Crippen molar-refractivity contribution >= 4 is 5.91 Å². The molecule has 1 amide bonds. The Bertz CT molecular complexity index is 467. The van der Waals surface area contributed by atoms with Crippen molar-refractivity contribution < 1.29 is 14.3 Å². The van der Waals surface area contributed by atoms with Gasteiger partial charge in [0.1, 0.15) is 0 Å². The largest absolute Gasteiger partial charge is 0.493 e. The van der Waals surface area contributed by atoms with Gasteiger partial charge in [-0.15, -0.1) is 0 Å². The quantitative estimate of drug-likeness (QED) is 0.838. The number of carbonyl (C=O) groups is 1. The Morgan fingerprint density at radius 2 is 2.05 bits per heavy atom. The van der Waals surface area contributed by atoms with Crippen molar-refractivity contribution in [2.45, 2.75) is 45.6 Å². The highest BCUT2D eigenvalue weighted by atomic mass is 16.5. The van der Waals surface area contributed by atoms with E-state index in [-0.39, 0.29) is 11.8 Å². The van der Waals surface area contributed by atoms with E-state index < -0.39 is 0 Å². The van der Waals surface area contributed by atoms with E-state index in [1.54, 1.807) is 7.11 Å². The van der Waals surface area contributed by atoms with E-state index in [1.807, 2.05) is 18.2 Å². The molecule has 1 aromatic rings. The van der Waals surface area contributed by atoms with Crippen LogP contribution in [0.3, 0.4) is 0 Å². The SMILES string of the molecule is CCCOc1ccc(CNC(=O)C2CCCC2)cc1OC. The summed E-state index contributed by atoms with van der Waals surface area (Å²) >= 11 is 0. The molecule has 0 atom stereocenters. The van der Waals surface area contributed by atoms with Crippen molar-refractivity contribution in [1.82, 2.24) is 5.32 Å². The Hall–Kier alpha value is -1.71. The minimum atomic E-state index is 0.178. The average Bonchev–Trinajstić information content (AvgIpc) is 3.05. The van der Waals surface area contributed by atoms with Gasteiger partial charge in [-0.25, -0.2) is 0 Å². The fourth-order valence-corrected chi connectivity index (χ4v) is 2.67. The first-order valence-corrected chi connectivity index (χ1v) is 7.82. The standard InChI is InChI=1S/C17H25NO3/c1-3-10-21-15-9-8-13(11-16(15)20-2)12-18-17(19)14-6-4-5-7-14/h8-9,11,14H,3-7,10,12H2,1-2H3,(H,18,19). The molecule has 0 heterocycles. The highest BCUT2D eigenvalue weighted by Gasteiger charge is 2.22. The number of ether oxygens (including phenoxy) is 2. The zero-order chi connectivity index (χ0) is 15.1. The summed E-state index contributed by atoms with van der Waals surface area (Å²) in [7, 11) is 1.63. The number of benzene rings is 1. The predicted molar refractivity (Wildman–Crippen MR) is 82.6 cm³/mol. The molecule has 0 aliphatic heterocycles. The molecular formula is C17H25NO3. The van der Waals surface area contributed by atoms with Crippen molar-refractivity contribution in [3.8, 4) is 11.5 Å². The molecule has 0 saturated heterocycles. The van der Waals surface area contributed by atoms with E-state index in [4.69, 9.17) is 9.47 Å². The van der Waals surface area contributed by atoms with Gasteiger partial charge in [-0.2, -0.15) is 0 Å². The maximum absolute atomic E-state index is 12.0. The zero-order valence-corrected chi connectivity index (χ0v) is 13.0. The number of carbonyl (C=O) groups excluding carboxylic acids is 1. The minimum absolute atomic E-state index is 0.178. The third kappa shape index (κ3) is 4.38. The van der Waals surface area contributed by atoms with Crippen molar-refractivity contribution in [1.29, 1.82) is 0 Å². The molecule has 1 saturated carbocycles. The number of hydrogen-bond acceptors (Lipinski definition) is 3. The van der Waals surface area contributed by atoms with Gasteiger partial charge in [0.15, 0.2) is 11.5 Å². The molecule has 4 heteroatoms. The van der Waals surface area contributed by atoms with Gasteiger partial charge in [0.2, 0.25) is 5.91 Å². The summed E-state index contributed by atoms with van der Waals surface area (Å²) in [6, 6.07) is 5.81. The van der Waals surface area contributed by atoms with Crippen LogP contribution in [0.5, 0.6) is 11.5 Å². The van der Waals surface area contributed by atoms with Crippen molar-refractivity contribution in [3.63, 3.8) is 0 Å². The third-order valence-electron chi connectivity index (χ3n) is 3.88. The number of amides is 1. The van der Waals surface area contributed by atoms with Crippen LogP contribution in [0.25, 0.3) is 0 Å². The molecule has 0 unspecified atom stereocenters. The second-order valence-electron chi connectivity index (χ2n) is 5.53. The molecule has 1 fully saturated rings. The van der Waals surface area contributed by atoms with Gasteiger partial charge in [0, 0.05) is 12.5 Å². The van der Waals surface area contributed by atoms with E-state index >= 15 is 0 Å². The van der Waals surface area contributed by atoms with E-state index in [9.17, 15) is 4.79 Å². The fourth-order valence-electron chi connectivity index (χ4n) is 2.67. The molecule has 1 N–H and O–H groups in total. The lowest BCUT2D eigenvalue weighted by molar-refractivity contribution is -0.124. The van der Waals surface area contributed by atoms with Crippen LogP contribution in [0.15, 0.2) is 18.2 Å². The average molecular weight is 291 g/mol. The van der Waals surface area contributed by atoms with Crippen LogP contribution in [0.2, 0.25) is 0 Å². The number of rotatable bonds is 7. The topological polar surface area (TPSA) is 47.6 Å². The molecule has 1 aliphatic carbocycles. The summed E-state index contributed by atoms with van der Waals surface area (Å²) in [5.74, 6) is 1.86. The van der Waals surface area contributed by atoms with Crippen molar-refractivity contribution in [2.24, 2.45) is 5.92 Å². The summed E-state index contributed by atoms with van der Waals surface area (Å²) in [4.78, 5) is 12.0. The Morgan fingerprint density at radius 1 is 1.29 bits per heavy atom. The normalized spacial score (nSPS) is 15.0. The lowest BCUT2D eigenvalue weighted by Crippen LogP contribution is -2.28. The maximum Gasteiger partial charge on any atom is 0.223 e. The Balaban J connectivity index is 1.92. The second kappa shape index (κ2) is 7.91. The molecule has 0 aromatic heterocycles. The van der Waals surface area contributed by atoms with Crippen LogP contribution in [-0.4, -0.2) is 19.6 Å². The molecule has 21 heavy (non-hydrogen) atoms. The van der Waals surface area contributed by atoms with Crippen LogP contribution >= 0.6 is 0 Å². The predicted octanol–water partition coefficient (Wildman–Crippen LogP) is 3.29. The van der Waals surface area contributed by atoms with Crippen LogP contribution in [0, 0.1) is 5.92 Å². The number of hydrogen-bond donors (Lipinski definition) is 1. The van der Waals surface area contributed by atoms with Crippen LogP contribution in [-0.2, 0) is 11.3 Å². The Kier molecular flexibility index (Phi) is 5.90. The molecule has 4 nitrogen and oxygen atoms in total. The van der Waals surface area contributed by atoms with Crippen molar-refractivity contribution in [3.05, 3.63) is 23.8 Å². The minimum Gasteiger partial charge on any atom is -0.493 e. The van der Waals surface area contributed by atoms with Gasteiger partial charge in [-0.05, 0) is 37.0 Å². The number of nitrogens with one attached hydrogen (secondary N) is 1. The first kappa shape index (κ1) is 15.7. The van der Waals surface area contributed by atoms with Crippen LogP contribution in [0.1, 0.15) is 44.6 Å². The Labute approximate surface area is 126 Å². The highest BCUT2D eigenvalue weighted by molar-refractivity contribution is 5.78. The van der Waals surface area contributed by atoms with Gasteiger partial charge >= 0.3 is 0 Å². The molecule has 0 radical (unpaired) electrons. The van der Waals surface area contributed by atoms with Gasteiger partial charge in [0.25, 0.3) is 0 Å². The second-order valence-corrected chi connectivity index (χ2v) is 5.53. The lowest BCUT2D eigenvalue weighted by atomic mass is 10.1. The Morgan fingerprint density at radius 3 is 2.71 bits per heavy atom. The maximum atomic E-state index is 12.0. The van der Waals surface area contributed by atoms with Crippen LogP contribution in [0.4, 0.5) is 0 Å². The van der Waals surface area contributed by atoms with E-state index in [0.29, 0.717) is 13.2 Å². The third-order valence-corrected chi connectivity index (χ3v) is 3.88. The number of methoxy groups -OCH3 is 1. The first-order chi connectivity index (χ1) is 10.2. The van der Waals surface area contributed by atoms with Gasteiger partial charge in [0.05, 0.1) is 13.7 Å². The summed E-state index contributed by atoms with van der Waals surface area (Å²) in [5, 5.41) is 3.02. The smallest absolute Gasteiger partial charge is 0.223 e. The van der Waals surface area contributed by atoms with E-state index in [2.05, 4.69) is 12.2 Å². The van der Waals surface area contributed by atoms with Gasteiger partial charge in [-0.3, -0.25) is 4.79 Å². The highest BCUT2D eigenvalue weighted by Crippen LogP contribution is 2.28. The molecule has 0 spiro atoms. The lowest BCUT2D eigenvalue weighted by Gasteiger charge is -2.13. The molecule has 1 aromatic carbocycles. The van der Waals surface area contributed by atoms with E-state index in [0.717, 1.165) is 36.3 Å². The molecule has 2 rings (SSSR count). The first-order valence-electron chi connectivity index (χ1n) is 7.82. The van der Waals surface area contributed by atoms with Gasteiger partial charge < -0.3 is 14.8 Å².